The van der Waals surface area contributed by atoms with Crippen LogP contribution in [0.2, 0.25) is 0 Å². The van der Waals surface area contributed by atoms with Gasteiger partial charge in [-0.1, -0.05) is 288 Å². The predicted octanol–water partition coefficient (Wildman–Crippen LogP) is 26.1. The first-order valence-electron chi connectivity index (χ1n) is 53.0. The van der Waals surface area contributed by atoms with Crippen LogP contribution in [0.5, 0.6) is 0 Å². The van der Waals surface area contributed by atoms with Crippen molar-refractivity contribution in [3.05, 3.63) is 391 Å². The summed E-state index contributed by atoms with van der Waals surface area (Å²) in [4.78, 5) is 42.2. The Labute approximate surface area is 862 Å². The Morgan fingerprint density at radius 2 is 0.731 bits per heavy atom. The summed E-state index contributed by atoms with van der Waals surface area (Å²) < 4.78 is 38.7. The van der Waals surface area contributed by atoms with Crippen LogP contribution in [-0.2, 0) is 77.3 Å². The molecule has 0 saturated heterocycles. The van der Waals surface area contributed by atoms with Gasteiger partial charge in [-0.2, -0.15) is 13.2 Å². The van der Waals surface area contributed by atoms with Crippen molar-refractivity contribution < 1.29 is 37.8 Å². The number of fused-ring (bicyclic) bond motifs is 6. The summed E-state index contributed by atoms with van der Waals surface area (Å²) >= 11 is 0. The third-order valence-electron chi connectivity index (χ3n) is 29.4. The molecule has 12 atom stereocenters. The third-order valence-corrected chi connectivity index (χ3v) is 29.4. The van der Waals surface area contributed by atoms with Gasteiger partial charge in [-0.3, -0.25) is 14.4 Å². The zero-order valence-electron chi connectivity index (χ0n) is 87.9. The quantitative estimate of drug-likeness (QED) is 0.0207. The van der Waals surface area contributed by atoms with Gasteiger partial charge >= 0.3 is 6.18 Å². The largest absolute Gasteiger partial charge is 0.416 e. The van der Waals surface area contributed by atoms with E-state index in [-0.39, 0.29) is 90.2 Å². The number of aliphatic hydroxyl groups is 2. The second-order valence-electron chi connectivity index (χ2n) is 41.7. The lowest BCUT2D eigenvalue weighted by Gasteiger charge is -2.36. The Morgan fingerprint density at radius 3 is 1.10 bits per heavy atom. The molecule has 6 heterocycles. The maximum atomic E-state index is 12.9. The summed E-state index contributed by atoms with van der Waals surface area (Å²) in [5.41, 5.74) is 27.9. The van der Waals surface area contributed by atoms with E-state index in [9.17, 15) is 37.8 Å². The molecule has 18 rings (SSSR count). The molecule has 0 spiro atoms. The van der Waals surface area contributed by atoms with Crippen molar-refractivity contribution >= 4 is 51.8 Å². The molecule has 0 aromatic heterocycles. The van der Waals surface area contributed by atoms with Crippen LogP contribution in [0.25, 0.3) is 0 Å². The van der Waals surface area contributed by atoms with Crippen molar-refractivity contribution in [3.8, 4) is 0 Å². The van der Waals surface area contributed by atoms with Gasteiger partial charge in [0.25, 0.3) is 0 Å². The Balaban J connectivity index is 0.000000146. The van der Waals surface area contributed by atoms with Crippen LogP contribution in [0.4, 0.5) is 47.3 Å². The number of carbonyl (C=O) groups is 3. The maximum Gasteiger partial charge on any atom is 0.416 e. The van der Waals surface area contributed by atoms with Gasteiger partial charge in [0.1, 0.15) is 0 Å². The summed E-state index contributed by atoms with van der Waals surface area (Å²) in [7, 11) is 6.07. The molecule has 11 N–H and O–H groups in total. The van der Waals surface area contributed by atoms with E-state index >= 15 is 0 Å². The molecule has 145 heavy (non-hydrogen) atoms. The molecule has 12 aromatic rings. The van der Waals surface area contributed by atoms with Gasteiger partial charge in [-0.25, -0.2) is 0 Å². The normalized spacial score (nSPS) is 19.7. The summed E-state index contributed by atoms with van der Waals surface area (Å²) in [5, 5.41) is 49.9. The summed E-state index contributed by atoms with van der Waals surface area (Å²) in [6.07, 6.45) is 9.34. The first-order chi connectivity index (χ1) is 70.0. The van der Waals surface area contributed by atoms with E-state index in [0.29, 0.717) is 61.7 Å². The number of nitrogens with zero attached hydrogens (tertiary/aromatic N) is 2. The second kappa shape index (κ2) is 53.5. The molecular weight excluding hydrogens is 1800 g/mol. The lowest BCUT2D eigenvalue weighted by molar-refractivity contribution is -0.137. The first kappa shape index (κ1) is 110. The van der Waals surface area contributed by atoms with E-state index in [1.54, 1.807) is 0 Å². The molecule has 0 saturated carbocycles. The number of aliphatic hydroxyl groups excluding tert-OH is 2. The van der Waals surface area contributed by atoms with Crippen LogP contribution >= 0.6 is 0 Å². The topological polar surface area (TPSA) is 206 Å². The fourth-order valence-corrected chi connectivity index (χ4v) is 21.5. The third kappa shape index (κ3) is 30.8. The minimum atomic E-state index is -4.34. The van der Waals surface area contributed by atoms with Crippen molar-refractivity contribution in [1.29, 1.82) is 0 Å². The van der Waals surface area contributed by atoms with Crippen molar-refractivity contribution in [2.24, 2.45) is 35.5 Å². The Bertz CT molecular complexity index is 6040. The Hall–Kier alpha value is -12.5. The maximum absolute atomic E-state index is 12.9. The molecule has 0 fully saturated rings. The molecule has 0 bridgehead atoms. The number of rotatable bonds is 28. The molecule has 768 valence electrons. The number of amides is 3. The van der Waals surface area contributed by atoms with Gasteiger partial charge in [0.05, 0.1) is 47.7 Å². The molecule has 12 aromatic carbocycles. The number of alkyl halides is 3. The number of likely N-dealkylation sites (N-methyl/N-ethyl adjacent to an activating group) is 1. The van der Waals surface area contributed by atoms with E-state index in [2.05, 4.69) is 314 Å². The number of hydrogen-bond donors (Lipinski definition) is 11. The molecule has 0 aliphatic carbocycles. The van der Waals surface area contributed by atoms with Crippen LogP contribution in [-0.4, -0.2) is 111 Å². The lowest BCUT2D eigenvalue weighted by Crippen LogP contribution is -2.42. The minimum Gasteiger partial charge on any atom is -0.396 e. The summed E-state index contributed by atoms with van der Waals surface area (Å²) in [6, 6.07) is 101. The number of anilines is 6. The number of benzene rings is 12. The highest BCUT2D eigenvalue weighted by atomic mass is 19.4. The van der Waals surface area contributed by atoms with Gasteiger partial charge in [0, 0.05) is 92.4 Å². The number of aryl methyl sites for hydroxylation is 4. The number of nitrogens with one attached hydrogen (secondary N) is 9. The Kier molecular flexibility index (Phi) is 40.5. The lowest BCUT2D eigenvalue weighted by atomic mass is 9.79. The van der Waals surface area contributed by atoms with E-state index in [1.807, 2.05) is 114 Å². The number of carbonyl (C=O) groups excluding carboxylic acids is 3. The van der Waals surface area contributed by atoms with Crippen LogP contribution in [0.3, 0.4) is 0 Å². The summed E-state index contributed by atoms with van der Waals surface area (Å²) in [5.74, 6) is 2.15. The molecular formula is C126H158F3N11O5. The highest BCUT2D eigenvalue weighted by Gasteiger charge is 2.40. The highest BCUT2D eigenvalue weighted by Crippen LogP contribution is 2.47. The smallest absolute Gasteiger partial charge is 0.396 e. The van der Waals surface area contributed by atoms with Crippen LogP contribution < -0.4 is 47.9 Å². The molecule has 6 aliphatic heterocycles. The fraction of sp³-hybridized carbons (Fsp3) is 0.405. The van der Waals surface area contributed by atoms with Gasteiger partial charge in [0.2, 0.25) is 17.7 Å². The monoisotopic (exact) mass is 1960 g/mol. The molecule has 16 nitrogen and oxygen atoms in total. The van der Waals surface area contributed by atoms with Crippen LogP contribution in [0.15, 0.2) is 291 Å². The van der Waals surface area contributed by atoms with Crippen molar-refractivity contribution in [2.75, 3.05) is 99.0 Å². The van der Waals surface area contributed by atoms with Gasteiger partial charge in [0.15, 0.2) is 0 Å². The Morgan fingerprint density at radius 1 is 0.393 bits per heavy atom. The number of hydrogen-bond acceptors (Lipinski definition) is 13. The van der Waals surface area contributed by atoms with Crippen LogP contribution in [0, 0.1) is 49.4 Å². The summed E-state index contributed by atoms with van der Waals surface area (Å²) in [6.45, 7) is 28.0. The van der Waals surface area contributed by atoms with Gasteiger partial charge in [-0.15, -0.1) is 0 Å². The average Bonchev–Trinajstić information content (AvgIpc) is 0.773. The standard InChI is InChI=1S/C23H30N2O.C22H29N3O.C22H28N2O.C21H28N2.C20H25NO.C18H18F3NO/c1-15(2)24-22(26)19-14-17-13-18(23(3,4)5)11-12-20(17)25-21(19)16-9-7-6-8-10-16;1-16-9-10-20-18(13-16)14-19(15-21(26)23-11-12-25(2)3)22(24-20)17-7-5-4-6-8-17;1-4-24(5-2)21(25)15-19-14-18-13-16(3)11-12-20(18)23-22(19)17-9-7-6-8-10-17;1-3-16-11-12-20-19(14-16)15-18(10-7-13-22-2)21(23-20)17-8-5-4-6-9-17;1-2-15-10-11-19-18(13-15)14-17(9-6-12-22)20(21-19)16-7-4-3-5-8-16;19-18(20,21)15-6-7-16-14(11-15)10-13(8-9-23)17(22-16)12-4-2-1-3-5-12/h6-13,15,19,21,25H,14H2,1-5H3,(H,24,26);4-10,13,19,22,24H,11-12,14-15H2,1-3H3,(H,23,26);6-13,19,22-23H,4-5,14-15H2,1-3H3;4-6,8-9,11-12,14,18,21-23H,3,7,10,13,15H2,1-2H3;3-5,7-8,10-11,13,17,20-22H,2,6,9,12,14H2,1H3;1-7,11,13,17,22-23H,8-10H2/t19-,21-;2*19-,22+;;17-,20+;13-,17?/m100.11/s1. The van der Waals surface area contributed by atoms with Crippen molar-refractivity contribution in [1.82, 2.24) is 25.8 Å². The average molecular weight is 1960 g/mol. The minimum absolute atomic E-state index is 0.00686. The molecule has 19 heteroatoms. The first-order valence-corrected chi connectivity index (χ1v) is 53.0. The van der Waals surface area contributed by atoms with E-state index < -0.39 is 11.7 Å². The second-order valence-corrected chi connectivity index (χ2v) is 41.7. The van der Waals surface area contributed by atoms with E-state index in [4.69, 9.17) is 0 Å². The fourth-order valence-electron chi connectivity index (χ4n) is 21.5. The van der Waals surface area contributed by atoms with E-state index in [1.165, 1.54) is 132 Å². The molecule has 3 amide bonds. The predicted molar refractivity (Wildman–Crippen MR) is 594 cm³/mol. The van der Waals surface area contributed by atoms with E-state index in [0.717, 1.165) is 106 Å². The SMILES string of the molecule is CC(C)NC(=O)[C@@H]1Cc2cc(C(C)(C)C)ccc2N[C@@H]1c1ccccc1.CCN(CC)C(=O)C[C@@H]1Cc2cc(C)ccc2N[C@@H]1c1ccccc1.CCc1ccc2c(c1)CC(CCCNC)C(c1ccccc1)N2.CCc1ccc2c(c1)C[C@@H](CCCO)[C@H](c1ccccc1)N2.Cc1ccc2c(c1)C[C@@H](CC(=O)NCCN(C)C)[C@@H](c1ccccc1)N2.OCC[C@@H]1Cc2cc(C(F)(F)F)ccc2NC1c1ccccc1. The number of halogens is 3. The van der Waals surface area contributed by atoms with Gasteiger partial charge < -0.3 is 67.9 Å². The zero-order chi connectivity index (χ0) is 103. The van der Waals surface area contributed by atoms with Crippen LogP contribution in [0.1, 0.15) is 244 Å². The molecule has 3 unspecified atom stereocenters. The zero-order valence-corrected chi connectivity index (χ0v) is 87.9. The molecule has 6 aliphatic rings. The van der Waals surface area contributed by atoms with Crippen molar-refractivity contribution in [3.63, 3.8) is 0 Å². The van der Waals surface area contributed by atoms with Gasteiger partial charge in [-0.05, 0) is 320 Å². The van der Waals surface area contributed by atoms with Crippen molar-refractivity contribution in [2.45, 2.75) is 226 Å². The molecule has 0 radical (unpaired) electrons. The highest BCUT2D eigenvalue weighted by molar-refractivity contribution is 5.83.